The van der Waals surface area contributed by atoms with E-state index < -0.39 is 29.7 Å². The summed E-state index contributed by atoms with van der Waals surface area (Å²) in [5.41, 5.74) is 1.41. The molecule has 5 aromatic rings. The van der Waals surface area contributed by atoms with Gasteiger partial charge in [0.2, 0.25) is 11.8 Å². The number of hydrogen-bond acceptors (Lipinski definition) is 8. The normalized spacial score (nSPS) is 21.5. The number of nitrogens with one attached hydrogen (secondary N) is 2. The van der Waals surface area contributed by atoms with Crippen molar-refractivity contribution in [3.63, 3.8) is 0 Å². The second-order valence-electron chi connectivity index (χ2n) is 14.8. The number of benzene rings is 1. The lowest BCUT2D eigenvalue weighted by Crippen LogP contribution is -2.44. The molecule has 0 spiro atoms. The number of aromatic nitrogens is 6. The smallest absolute Gasteiger partial charge is 0.370 e. The van der Waals surface area contributed by atoms with Gasteiger partial charge >= 0.3 is 11.9 Å². The molecule has 282 valence electrons. The number of carbonyl (C=O) groups is 3. The first-order valence-corrected chi connectivity index (χ1v) is 18.4. The van der Waals surface area contributed by atoms with E-state index in [0.717, 1.165) is 80.3 Å². The maximum atomic E-state index is 13.4. The lowest BCUT2D eigenvalue weighted by Gasteiger charge is -2.37. The van der Waals surface area contributed by atoms with Crippen molar-refractivity contribution in [2.75, 3.05) is 23.3 Å². The van der Waals surface area contributed by atoms with Crippen LogP contribution in [0.25, 0.3) is 21.9 Å². The van der Waals surface area contributed by atoms with Gasteiger partial charge in [-0.15, -0.1) is 0 Å². The summed E-state index contributed by atoms with van der Waals surface area (Å²) >= 11 is 0. The molecule has 54 heavy (non-hydrogen) atoms. The maximum absolute atomic E-state index is 13.4. The van der Waals surface area contributed by atoms with E-state index in [1.807, 2.05) is 29.1 Å². The second-order valence-corrected chi connectivity index (χ2v) is 14.8. The van der Waals surface area contributed by atoms with E-state index >= 15 is 0 Å². The van der Waals surface area contributed by atoms with Gasteiger partial charge in [0.05, 0.1) is 29.0 Å². The number of anilines is 2. The van der Waals surface area contributed by atoms with Crippen molar-refractivity contribution >= 4 is 51.2 Å². The van der Waals surface area contributed by atoms with Crippen LogP contribution in [0.1, 0.15) is 86.1 Å². The van der Waals surface area contributed by atoms with Gasteiger partial charge in [-0.1, -0.05) is 12.1 Å². The third-order valence-electron chi connectivity index (χ3n) is 11.3. The molecule has 1 atom stereocenters. The number of imide groups is 1. The molecule has 1 unspecified atom stereocenters. The number of fused-ring (bicyclic) bond motifs is 2. The minimum absolute atomic E-state index is 0.201. The molecule has 1 aromatic carbocycles. The largest absolute Gasteiger partial charge is 0.433 e. The number of halogens is 3. The molecule has 4 aromatic heterocycles. The number of piperidine rings is 2. The van der Waals surface area contributed by atoms with Crippen LogP contribution in [0.5, 0.6) is 0 Å². The molecule has 6 heterocycles. The second kappa shape index (κ2) is 14.0. The predicted octanol–water partition coefficient (Wildman–Crippen LogP) is 5.77. The van der Waals surface area contributed by atoms with Crippen LogP contribution in [0.2, 0.25) is 0 Å². The van der Waals surface area contributed by atoms with Gasteiger partial charge in [-0.05, 0) is 93.5 Å². The monoisotopic (exact) mass is 743 g/mol. The fourth-order valence-electron chi connectivity index (χ4n) is 8.53. The summed E-state index contributed by atoms with van der Waals surface area (Å²) in [6, 6.07) is 10.2. The van der Waals surface area contributed by atoms with Crippen molar-refractivity contribution in [1.29, 1.82) is 0 Å². The fraction of sp³-hybridized carbons (Fsp3) is 0.447. The standard InChI is InChI=1S/C38H40F3N9O4/c1-47-34-28(5-3-6-29(34)50(37(47)54)30-12-13-33(51)45-36(30)53)48-16-14-23(15-17-48)18-22-8-10-25(11-9-22)49-21-24-19-32(42-20-27(24)46-49)44-35(52)26-4-2-7-31(43-26)38(39,40)41/h2-7,19-23,25,30H,8-18H2,1H3,(H,44,52)(H,45,51,53)/t22-,25-,30?. The van der Waals surface area contributed by atoms with Gasteiger partial charge in [-0.3, -0.25) is 33.5 Å². The number of hydrogen-bond donors (Lipinski definition) is 2. The Hall–Kier alpha value is -5.54. The van der Waals surface area contributed by atoms with Gasteiger partial charge in [0.15, 0.2) is 0 Å². The molecule has 0 bridgehead atoms. The first-order valence-electron chi connectivity index (χ1n) is 18.4. The van der Waals surface area contributed by atoms with E-state index in [1.165, 1.54) is 17.1 Å². The number of imidazole rings is 1. The molecule has 3 fully saturated rings. The van der Waals surface area contributed by atoms with Crippen molar-refractivity contribution in [2.24, 2.45) is 18.9 Å². The molecular weight excluding hydrogens is 703 g/mol. The van der Waals surface area contributed by atoms with Crippen LogP contribution in [0.4, 0.5) is 24.7 Å². The van der Waals surface area contributed by atoms with Crippen molar-refractivity contribution in [3.8, 4) is 0 Å². The number of para-hydroxylation sites is 1. The summed E-state index contributed by atoms with van der Waals surface area (Å²) in [4.78, 5) is 60.5. The number of nitrogens with zero attached hydrogens (tertiary/aromatic N) is 7. The van der Waals surface area contributed by atoms with Crippen molar-refractivity contribution in [3.05, 3.63) is 76.7 Å². The van der Waals surface area contributed by atoms with E-state index in [-0.39, 0.29) is 35.6 Å². The van der Waals surface area contributed by atoms with Gasteiger partial charge in [0.25, 0.3) is 5.91 Å². The molecule has 2 N–H and O–H groups in total. The molecule has 13 nitrogen and oxygen atoms in total. The summed E-state index contributed by atoms with van der Waals surface area (Å²) < 4.78 is 44.3. The topological polar surface area (TPSA) is 149 Å². The van der Waals surface area contributed by atoms with Crippen molar-refractivity contribution < 1.29 is 27.6 Å². The quantitative estimate of drug-likeness (QED) is 0.200. The van der Waals surface area contributed by atoms with E-state index in [1.54, 1.807) is 23.9 Å². The van der Waals surface area contributed by atoms with Crippen molar-refractivity contribution in [1.82, 2.24) is 34.2 Å². The van der Waals surface area contributed by atoms with E-state index in [0.29, 0.717) is 29.3 Å². The van der Waals surface area contributed by atoms with Crippen LogP contribution in [0.3, 0.4) is 0 Å². The first-order chi connectivity index (χ1) is 25.9. The highest BCUT2D eigenvalue weighted by atomic mass is 19.4. The number of amides is 3. The zero-order valence-electron chi connectivity index (χ0n) is 29.7. The summed E-state index contributed by atoms with van der Waals surface area (Å²) in [5, 5.41) is 10.4. The number of carbonyl (C=O) groups excluding carboxylic acids is 3. The first kappa shape index (κ1) is 35.5. The van der Waals surface area contributed by atoms with Crippen LogP contribution in [0.15, 0.2) is 59.7 Å². The number of aryl methyl sites for hydroxylation is 1. The van der Waals surface area contributed by atoms with Gasteiger partial charge in [0.1, 0.15) is 28.8 Å². The molecule has 1 aliphatic carbocycles. The summed E-state index contributed by atoms with van der Waals surface area (Å²) in [5.74, 6) is -0.0945. The Labute approximate surface area is 307 Å². The number of rotatable bonds is 7. The van der Waals surface area contributed by atoms with Gasteiger partial charge in [-0.2, -0.15) is 18.3 Å². The average molecular weight is 744 g/mol. The highest BCUT2D eigenvalue weighted by Crippen LogP contribution is 2.39. The molecule has 0 radical (unpaired) electrons. The third kappa shape index (κ3) is 6.84. The van der Waals surface area contributed by atoms with Crippen LogP contribution < -0.4 is 21.2 Å². The Balaban J connectivity index is 0.857. The molecule has 2 saturated heterocycles. The average Bonchev–Trinajstić information content (AvgIpc) is 3.70. The number of alkyl halides is 3. The minimum atomic E-state index is -4.65. The summed E-state index contributed by atoms with van der Waals surface area (Å²) in [6.07, 6.45) is 6.80. The Bertz CT molecular complexity index is 2310. The summed E-state index contributed by atoms with van der Waals surface area (Å²) in [6.45, 7) is 1.76. The number of pyridine rings is 2. The molecule has 3 aliphatic rings. The van der Waals surface area contributed by atoms with Crippen LogP contribution >= 0.6 is 0 Å². The highest BCUT2D eigenvalue weighted by Gasteiger charge is 2.34. The fourth-order valence-corrected chi connectivity index (χ4v) is 8.53. The van der Waals surface area contributed by atoms with E-state index in [2.05, 4.69) is 25.5 Å². The van der Waals surface area contributed by atoms with Gasteiger partial charge in [-0.25, -0.2) is 14.8 Å². The Morgan fingerprint density at radius 1 is 0.963 bits per heavy atom. The zero-order valence-corrected chi connectivity index (χ0v) is 29.7. The molecule has 8 rings (SSSR count). The molecule has 16 heteroatoms. The zero-order chi connectivity index (χ0) is 37.7. The lowest BCUT2D eigenvalue weighted by molar-refractivity contribution is -0.141. The van der Waals surface area contributed by atoms with Gasteiger partial charge in [0, 0.05) is 38.1 Å². The SMILES string of the molecule is Cn1c(=O)n(C2CCC(=O)NC2=O)c2cccc(N3CCC(C[C@H]4CC[C@H](n5cc6cc(NC(=O)c7cccc(C(F)(F)F)n7)ncc6n5)CC4)CC3)c21. The van der Waals surface area contributed by atoms with Crippen LogP contribution in [-0.2, 0) is 22.8 Å². The van der Waals surface area contributed by atoms with Crippen molar-refractivity contribution in [2.45, 2.75) is 76.0 Å². The third-order valence-corrected chi connectivity index (χ3v) is 11.3. The maximum Gasteiger partial charge on any atom is 0.433 e. The molecule has 1 saturated carbocycles. The van der Waals surface area contributed by atoms with Crippen LogP contribution in [0, 0.1) is 11.8 Å². The Morgan fingerprint density at radius 2 is 1.70 bits per heavy atom. The van der Waals surface area contributed by atoms with Gasteiger partial charge < -0.3 is 10.2 Å². The highest BCUT2D eigenvalue weighted by molar-refractivity contribution is 6.03. The molecular formula is C38H40F3N9O4. The Morgan fingerprint density at radius 3 is 2.44 bits per heavy atom. The minimum Gasteiger partial charge on any atom is -0.370 e. The molecule has 3 amide bonds. The van der Waals surface area contributed by atoms with Crippen LogP contribution in [-0.4, -0.2) is 59.7 Å². The lowest BCUT2D eigenvalue weighted by atomic mass is 9.78. The molecule has 2 aliphatic heterocycles. The van der Waals surface area contributed by atoms with E-state index in [9.17, 15) is 32.3 Å². The summed E-state index contributed by atoms with van der Waals surface area (Å²) in [7, 11) is 1.74. The van der Waals surface area contributed by atoms with E-state index in [4.69, 9.17) is 5.10 Å². The Kier molecular flexibility index (Phi) is 9.22. The predicted molar refractivity (Wildman–Crippen MR) is 194 cm³/mol.